The molecule has 6 nitrogen and oxygen atoms in total. The van der Waals surface area contributed by atoms with Crippen LogP contribution in [-0.4, -0.2) is 52.5 Å². The van der Waals surface area contributed by atoms with Gasteiger partial charge in [-0.15, -0.1) is 0 Å². The van der Waals surface area contributed by atoms with E-state index in [1.54, 1.807) is 12.1 Å². The molecule has 1 aliphatic heterocycles. The van der Waals surface area contributed by atoms with Gasteiger partial charge in [0.05, 0.1) is 4.90 Å². The van der Waals surface area contributed by atoms with Gasteiger partial charge in [0.1, 0.15) is 0 Å². The Hall–Kier alpha value is -1.44. The summed E-state index contributed by atoms with van der Waals surface area (Å²) >= 11 is 0. The molecule has 1 fully saturated rings. The van der Waals surface area contributed by atoms with E-state index in [9.17, 15) is 13.2 Å². The quantitative estimate of drug-likeness (QED) is 0.826. The van der Waals surface area contributed by atoms with E-state index in [4.69, 9.17) is 0 Å². The third-order valence-electron chi connectivity index (χ3n) is 3.76. The van der Waals surface area contributed by atoms with Crippen LogP contribution in [0.25, 0.3) is 0 Å². The summed E-state index contributed by atoms with van der Waals surface area (Å²) < 4.78 is 25.6. The monoisotopic (exact) mass is 311 g/mol. The number of sulfonamides is 1. The lowest BCUT2D eigenvalue weighted by molar-refractivity contribution is 0.0737. The summed E-state index contributed by atoms with van der Waals surface area (Å²) in [6.45, 7) is 1.53. The summed E-state index contributed by atoms with van der Waals surface area (Å²) in [6, 6.07) is 6.27. The first-order valence-corrected chi connectivity index (χ1v) is 8.47. The van der Waals surface area contributed by atoms with Crippen LogP contribution >= 0.6 is 0 Å². The summed E-state index contributed by atoms with van der Waals surface area (Å²) in [6.07, 6.45) is 2.00. The average Bonchev–Trinajstić information content (AvgIpc) is 2.95. The number of hydrogen-bond acceptors (Lipinski definition) is 4. The van der Waals surface area contributed by atoms with Gasteiger partial charge in [0, 0.05) is 24.7 Å². The van der Waals surface area contributed by atoms with Crippen molar-refractivity contribution in [1.82, 2.24) is 14.9 Å². The second-order valence-electron chi connectivity index (χ2n) is 5.08. The van der Waals surface area contributed by atoms with Gasteiger partial charge in [-0.3, -0.25) is 4.79 Å². The molecule has 0 aliphatic carbocycles. The van der Waals surface area contributed by atoms with Crippen LogP contribution in [-0.2, 0) is 10.0 Å². The molecular weight excluding hydrogens is 290 g/mol. The Morgan fingerprint density at radius 1 is 1.29 bits per heavy atom. The molecule has 1 aromatic carbocycles. The SMILES string of the molecule is CNCC1CCCN1C(=O)c1ccc(S(=O)(=O)NC)cc1. The fourth-order valence-electron chi connectivity index (χ4n) is 2.61. The number of likely N-dealkylation sites (tertiary alicyclic amines) is 1. The molecule has 1 amide bonds. The van der Waals surface area contributed by atoms with Crippen molar-refractivity contribution in [1.29, 1.82) is 0 Å². The number of hydrogen-bond donors (Lipinski definition) is 2. The number of benzene rings is 1. The zero-order valence-corrected chi connectivity index (χ0v) is 13.1. The first kappa shape index (κ1) is 15.9. The van der Waals surface area contributed by atoms with Crippen LogP contribution in [0.4, 0.5) is 0 Å². The van der Waals surface area contributed by atoms with Crippen molar-refractivity contribution in [3.8, 4) is 0 Å². The Labute approximate surface area is 125 Å². The molecule has 2 rings (SSSR count). The summed E-state index contributed by atoms with van der Waals surface area (Å²) in [5.41, 5.74) is 0.521. The fourth-order valence-corrected chi connectivity index (χ4v) is 3.34. The Morgan fingerprint density at radius 2 is 1.95 bits per heavy atom. The third kappa shape index (κ3) is 3.42. The predicted octanol–water partition coefficient (Wildman–Crippen LogP) is 0.419. The minimum absolute atomic E-state index is 0.0406. The molecule has 1 aromatic rings. The Bertz CT molecular complexity index is 598. The molecule has 0 aromatic heterocycles. The molecule has 1 aliphatic rings. The number of amides is 1. The number of rotatable bonds is 5. The third-order valence-corrected chi connectivity index (χ3v) is 5.19. The minimum atomic E-state index is -3.46. The molecule has 1 saturated heterocycles. The standard InChI is InChI=1S/C14H21N3O3S/c1-15-10-12-4-3-9-17(12)14(18)11-5-7-13(8-6-11)21(19,20)16-2/h5-8,12,15-16H,3-4,9-10H2,1-2H3. The molecule has 2 N–H and O–H groups in total. The molecule has 21 heavy (non-hydrogen) atoms. The van der Waals surface area contributed by atoms with Crippen LogP contribution < -0.4 is 10.0 Å². The van der Waals surface area contributed by atoms with E-state index < -0.39 is 10.0 Å². The number of nitrogens with zero attached hydrogens (tertiary/aromatic N) is 1. The first-order chi connectivity index (χ1) is 9.99. The van der Waals surface area contributed by atoms with E-state index in [-0.39, 0.29) is 16.8 Å². The highest BCUT2D eigenvalue weighted by Gasteiger charge is 2.28. The molecule has 0 saturated carbocycles. The molecule has 1 unspecified atom stereocenters. The van der Waals surface area contributed by atoms with Crippen LogP contribution in [0.1, 0.15) is 23.2 Å². The lowest BCUT2D eigenvalue weighted by Crippen LogP contribution is -2.40. The molecule has 1 atom stereocenters. The van der Waals surface area contributed by atoms with E-state index in [1.165, 1.54) is 19.2 Å². The highest BCUT2D eigenvalue weighted by molar-refractivity contribution is 7.89. The maximum atomic E-state index is 12.5. The van der Waals surface area contributed by atoms with Gasteiger partial charge < -0.3 is 10.2 Å². The maximum Gasteiger partial charge on any atom is 0.254 e. The first-order valence-electron chi connectivity index (χ1n) is 6.99. The van der Waals surface area contributed by atoms with Crippen molar-refractivity contribution >= 4 is 15.9 Å². The molecule has 116 valence electrons. The van der Waals surface area contributed by atoms with Crippen molar-refractivity contribution in [3.63, 3.8) is 0 Å². The van der Waals surface area contributed by atoms with Gasteiger partial charge in [-0.2, -0.15) is 0 Å². The molecule has 7 heteroatoms. The summed E-state index contributed by atoms with van der Waals surface area (Å²) in [5.74, 6) is -0.0406. The minimum Gasteiger partial charge on any atom is -0.334 e. The Morgan fingerprint density at radius 3 is 2.52 bits per heavy atom. The zero-order chi connectivity index (χ0) is 15.5. The van der Waals surface area contributed by atoms with Crippen LogP contribution in [0.15, 0.2) is 29.2 Å². The highest BCUT2D eigenvalue weighted by Crippen LogP contribution is 2.20. The number of likely N-dealkylation sites (N-methyl/N-ethyl adjacent to an activating group) is 1. The van der Waals surface area contributed by atoms with Gasteiger partial charge in [0.2, 0.25) is 10.0 Å². The van der Waals surface area contributed by atoms with Crippen molar-refractivity contribution in [3.05, 3.63) is 29.8 Å². The van der Waals surface area contributed by atoms with Gasteiger partial charge in [0.25, 0.3) is 5.91 Å². The Kier molecular flexibility index (Phi) is 4.97. The molecule has 0 spiro atoms. The van der Waals surface area contributed by atoms with Gasteiger partial charge in [-0.1, -0.05) is 0 Å². The number of carbonyl (C=O) groups is 1. The number of nitrogens with one attached hydrogen (secondary N) is 2. The molecule has 0 radical (unpaired) electrons. The summed E-state index contributed by atoms with van der Waals surface area (Å²) in [4.78, 5) is 14.5. The highest BCUT2D eigenvalue weighted by atomic mass is 32.2. The lowest BCUT2D eigenvalue weighted by atomic mass is 10.1. The van der Waals surface area contributed by atoms with Crippen LogP contribution in [0, 0.1) is 0 Å². The maximum absolute atomic E-state index is 12.5. The van der Waals surface area contributed by atoms with E-state index in [0.29, 0.717) is 5.56 Å². The van der Waals surface area contributed by atoms with E-state index >= 15 is 0 Å². The van der Waals surface area contributed by atoms with Crippen molar-refractivity contribution < 1.29 is 13.2 Å². The van der Waals surface area contributed by atoms with Crippen molar-refractivity contribution in [2.75, 3.05) is 27.2 Å². The second-order valence-corrected chi connectivity index (χ2v) is 6.97. The summed E-state index contributed by atoms with van der Waals surface area (Å²) in [7, 11) is -0.229. The van der Waals surface area contributed by atoms with Gasteiger partial charge >= 0.3 is 0 Å². The van der Waals surface area contributed by atoms with Crippen LogP contribution in [0.3, 0.4) is 0 Å². The molecular formula is C14H21N3O3S. The van der Waals surface area contributed by atoms with E-state index in [0.717, 1.165) is 25.9 Å². The van der Waals surface area contributed by atoms with Crippen LogP contribution in [0.2, 0.25) is 0 Å². The predicted molar refractivity (Wildman–Crippen MR) is 80.7 cm³/mol. The smallest absolute Gasteiger partial charge is 0.254 e. The topological polar surface area (TPSA) is 78.5 Å². The van der Waals surface area contributed by atoms with Gasteiger partial charge in [0.15, 0.2) is 0 Å². The zero-order valence-electron chi connectivity index (χ0n) is 12.3. The van der Waals surface area contributed by atoms with Gasteiger partial charge in [-0.25, -0.2) is 13.1 Å². The molecule has 0 bridgehead atoms. The van der Waals surface area contributed by atoms with E-state index in [2.05, 4.69) is 10.0 Å². The number of carbonyl (C=O) groups excluding carboxylic acids is 1. The average molecular weight is 311 g/mol. The normalized spacial score (nSPS) is 19.0. The van der Waals surface area contributed by atoms with Crippen molar-refractivity contribution in [2.24, 2.45) is 0 Å². The second kappa shape index (κ2) is 6.55. The van der Waals surface area contributed by atoms with E-state index in [1.807, 2.05) is 11.9 Å². The summed E-state index contributed by atoms with van der Waals surface area (Å²) in [5, 5.41) is 3.10. The van der Waals surface area contributed by atoms with Crippen molar-refractivity contribution in [2.45, 2.75) is 23.8 Å². The van der Waals surface area contributed by atoms with Gasteiger partial charge in [-0.05, 0) is 51.2 Å². The lowest BCUT2D eigenvalue weighted by Gasteiger charge is -2.24. The molecule has 1 heterocycles. The largest absolute Gasteiger partial charge is 0.334 e. The van der Waals surface area contributed by atoms with Crippen LogP contribution in [0.5, 0.6) is 0 Å². The Balaban J connectivity index is 2.17. The fraction of sp³-hybridized carbons (Fsp3) is 0.500.